The molecule has 6 heteroatoms. The summed E-state index contributed by atoms with van der Waals surface area (Å²) in [6.45, 7) is 3.19. The van der Waals surface area contributed by atoms with Crippen LogP contribution in [0.1, 0.15) is 22.8 Å². The van der Waals surface area contributed by atoms with E-state index in [-0.39, 0.29) is 17.7 Å². The second-order valence-corrected chi connectivity index (χ2v) is 4.89. The van der Waals surface area contributed by atoms with Crippen LogP contribution >= 0.6 is 0 Å². The number of hydrogen-bond donors (Lipinski definition) is 3. The minimum atomic E-state index is -0.312. The Morgan fingerprint density at radius 1 is 1.40 bits per heavy atom. The lowest BCUT2D eigenvalue weighted by atomic mass is 10.1. The summed E-state index contributed by atoms with van der Waals surface area (Å²) in [5.74, 6) is 4.74. The third kappa shape index (κ3) is 4.64. The minimum absolute atomic E-state index is 0.0214. The number of hydrogen-bond acceptors (Lipinski definition) is 4. The molecule has 20 heavy (non-hydrogen) atoms. The lowest BCUT2D eigenvalue weighted by Crippen LogP contribution is -2.34. The normalized spacial score (nSPS) is 12.1. The van der Waals surface area contributed by atoms with Crippen molar-refractivity contribution in [1.29, 1.82) is 0 Å². The zero-order chi connectivity index (χ0) is 15.1. The van der Waals surface area contributed by atoms with Crippen LogP contribution < -0.4 is 16.6 Å². The van der Waals surface area contributed by atoms with Crippen LogP contribution in [0.4, 0.5) is 0 Å². The first-order valence-corrected chi connectivity index (χ1v) is 6.48. The van der Waals surface area contributed by atoms with Gasteiger partial charge in [-0.3, -0.25) is 15.0 Å². The average molecular weight is 278 g/mol. The molecule has 0 heterocycles. The van der Waals surface area contributed by atoms with Crippen LogP contribution in [0, 0.1) is 5.92 Å². The van der Waals surface area contributed by atoms with E-state index in [1.807, 2.05) is 31.0 Å². The Morgan fingerprint density at radius 2 is 2.10 bits per heavy atom. The fourth-order valence-corrected chi connectivity index (χ4v) is 2.07. The molecule has 0 radical (unpaired) electrons. The van der Waals surface area contributed by atoms with Gasteiger partial charge < -0.3 is 10.2 Å². The number of carbonyl (C=O) groups excluding carboxylic acids is 2. The molecule has 4 N–H and O–H groups in total. The van der Waals surface area contributed by atoms with Gasteiger partial charge in [0.25, 0.3) is 5.91 Å². The quantitative estimate of drug-likeness (QED) is 0.391. The molecule has 1 aromatic carbocycles. The van der Waals surface area contributed by atoms with E-state index < -0.39 is 0 Å². The van der Waals surface area contributed by atoms with Gasteiger partial charge in [0, 0.05) is 31.6 Å². The molecule has 0 bridgehead atoms. The summed E-state index contributed by atoms with van der Waals surface area (Å²) in [4.78, 5) is 25.0. The SMILES string of the molecule is CNC(=O)C(C)CN(C)Cc1cccc(C(=O)NN)c1. The number of rotatable bonds is 6. The highest BCUT2D eigenvalue weighted by atomic mass is 16.2. The van der Waals surface area contributed by atoms with Crippen LogP contribution in [0.15, 0.2) is 24.3 Å². The third-order valence-electron chi connectivity index (χ3n) is 3.05. The second-order valence-electron chi connectivity index (χ2n) is 4.89. The van der Waals surface area contributed by atoms with E-state index in [0.717, 1.165) is 5.56 Å². The molecule has 0 aromatic heterocycles. The van der Waals surface area contributed by atoms with Gasteiger partial charge in [-0.15, -0.1) is 0 Å². The van der Waals surface area contributed by atoms with E-state index in [1.165, 1.54) is 0 Å². The summed E-state index contributed by atoms with van der Waals surface area (Å²) >= 11 is 0. The van der Waals surface area contributed by atoms with Crippen molar-refractivity contribution in [2.75, 3.05) is 20.6 Å². The molecule has 0 spiro atoms. The van der Waals surface area contributed by atoms with Crippen LogP contribution in [0.25, 0.3) is 0 Å². The summed E-state index contributed by atoms with van der Waals surface area (Å²) in [5.41, 5.74) is 3.63. The molecule has 0 aliphatic rings. The standard InChI is InChI=1S/C14H22N4O2/c1-10(13(19)16-2)8-18(3)9-11-5-4-6-12(7-11)14(20)17-15/h4-7,10H,8-9,15H2,1-3H3,(H,16,19)(H,17,20). The largest absolute Gasteiger partial charge is 0.359 e. The minimum Gasteiger partial charge on any atom is -0.359 e. The lowest BCUT2D eigenvalue weighted by molar-refractivity contribution is -0.124. The van der Waals surface area contributed by atoms with Crippen LogP contribution in [0.3, 0.4) is 0 Å². The van der Waals surface area contributed by atoms with Crippen LogP contribution in [0.2, 0.25) is 0 Å². The summed E-state index contributed by atoms with van der Waals surface area (Å²) in [7, 11) is 3.57. The highest BCUT2D eigenvalue weighted by Gasteiger charge is 2.14. The Morgan fingerprint density at radius 3 is 2.70 bits per heavy atom. The Hall–Kier alpha value is -1.92. The molecule has 0 saturated carbocycles. The van der Waals surface area contributed by atoms with Crippen LogP contribution in [-0.2, 0) is 11.3 Å². The Bertz CT molecular complexity index is 476. The average Bonchev–Trinajstić information content (AvgIpc) is 2.45. The van der Waals surface area contributed by atoms with Crippen molar-refractivity contribution in [3.8, 4) is 0 Å². The summed E-state index contributed by atoms with van der Waals surface area (Å²) < 4.78 is 0. The Kier molecular flexibility index (Phi) is 6.14. The molecule has 1 rings (SSSR count). The van der Waals surface area contributed by atoms with Crippen molar-refractivity contribution >= 4 is 11.8 Å². The number of hydrazine groups is 1. The van der Waals surface area contributed by atoms with E-state index >= 15 is 0 Å². The molecule has 1 aromatic rings. The van der Waals surface area contributed by atoms with Gasteiger partial charge >= 0.3 is 0 Å². The van der Waals surface area contributed by atoms with Gasteiger partial charge in [-0.1, -0.05) is 19.1 Å². The molecule has 2 amide bonds. The first kappa shape index (κ1) is 16.1. The van der Waals surface area contributed by atoms with Crippen molar-refractivity contribution in [2.24, 2.45) is 11.8 Å². The smallest absolute Gasteiger partial charge is 0.265 e. The van der Waals surface area contributed by atoms with Crippen molar-refractivity contribution in [1.82, 2.24) is 15.6 Å². The summed E-state index contributed by atoms with van der Waals surface area (Å²) in [6, 6.07) is 7.26. The maximum absolute atomic E-state index is 11.5. The van der Waals surface area contributed by atoms with Crippen molar-refractivity contribution in [3.63, 3.8) is 0 Å². The molecular weight excluding hydrogens is 256 g/mol. The van der Waals surface area contributed by atoms with E-state index in [9.17, 15) is 9.59 Å². The number of carbonyl (C=O) groups is 2. The number of amides is 2. The molecule has 110 valence electrons. The van der Waals surface area contributed by atoms with Gasteiger partial charge in [0.1, 0.15) is 0 Å². The summed E-state index contributed by atoms with van der Waals surface area (Å²) in [5, 5.41) is 2.63. The maximum atomic E-state index is 11.5. The molecule has 6 nitrogen and oxygen atoms in total. The topological polar surface area (TPSA) is 87.5 Å². The highest BCUT2D eigenvalue weighted by molar-refractivity contribution is 5.93. The van der Waals surface area contributed by atoms with Crippen molar-refractivity contribution in [2.45, 2.75) is 13.5 Å². The van der Waals surface area contributed by atoms with Gasteiger partial charge in [-0.2, -0.15) is 0 Å². The fourth-order valence-electron chi connectivity index (χ4n) is 2.07. The first-order chi connectivity index (χ1) is 9.47. The van der Waals surface area contributed by atoms with E-state index in [2.05, 4.69) is 10.7 Å². The van der Waals surface area contributed by atoms with Crippen molar-refractivity contribution < 1.29 is 9.59 Å². The number of nitrogens with one attached hydrogen (secondary N) is 2. The first-order valence-electron chi connectivity index (χ1n) is 6.48. The molecule has 0 saturated heterocycles. The maximum Gasteiger partial charge on any atom is 0.265 e. The molecular formula is C14H22N4O2. The van der Waals surface area contributed by atoms with E-state index in [0.29, 0.717) is 18.7 Å². The van der Waals surface area contributed by atoms with Crippen molar-refractivity contribution in [3.05, 3.63) is 35.4 Å². The molecule has 1 unspecified atom stereocenters. The fraction of sp³-hybridized carbons (Fsp3) is 0.429. The lowest BCUT2D eigenvalue weighted by Gasteiger charge is -2.20. The monoisotopic (exact) mass is 278 g/mol. The zero-order valence-electron chi connectivity index (χ0n) is 12.1. The predicted octanol–water partition coefficient (Wildman–Crippen LogP) is 0.104. The second kappa shape index (κ2) is 7.62. The molecule has 0 aliphatic carbocycles. The molecule has 0 aliphatic heterocycles. The van der Waals surface area contributed by atoms with Gasteiger partial charge in [0.2, 0.25) is 5.91 Å². The van der Waals surface area contributed by atoms with Crippen LogP contribution in [0.5, 0.6) is 0 Å². The Labute approximate surface area is 119 Å². The van der Waals surface area contributed by atoms with Gasteiger partial charge in [-0.05, 0) is 24.7 Å². The molecule has 1 atom stereocenters. The zero-order valence-corrected chi connectivity index (χ0v) is 12.1. The van der Waals surface area contributed by atoms with Gasteiger partial charge in [0.15, 0.2) is 0 Å². The van der Waals surface area contributed by atoms with E-state index in [4.69, 9.17) is 5.84 Å². The number of nitrogens with zero attached hydrogens (tertiary/aromatic N) is 1. The van der Waals surface area contributed by atoms with Crippen LogP contribution in [-0.4, -0.2) is 37.4 Å². The summed E-state index contributed by atoms with van der Waals surface area (Å²) in [6.07, 6.45) is 0. The number of nitrogen functional groups attached to an aromatic ring is 1. The van der Waals surface area contributed by atoms with Gasteiger partial charge in [0.05, 0.1) is 0 Å². The Balaban J connectivity index is 2.64. The number of nitrogens with two attached hydrogens (primary N) is 1. The highest BCUT2D eigenvalue weighted by Crippen LogP contribution is 2.09. The number of benzene rings is 1. The predicted molar refractivity (Wildman–Crippen MR) is 77.7 cm³/mol. The molecule has 0 fully saturated rings. The van der Waals surface area contributed by atoms with Gasteiger partial charge in [-0.25, -0.2) is 5.84 Å². The van der Waals surface area contributed by atoms with E-state index in [1.54, 1.807) is 19.2 Å². The third-order valence-corrected chi connectivity index (χ3v) is 3.05.